The highest BCUT2D eigenvalue weighted by molar-refractivity contribution is 7.93. The summed E-state index contributed by atoms with van der Waals surface area (Å²) < 4.78 is 33.4. The van der Waals surface area contributed by atoms with Crippen LogP contribution >= 0.6 is 34.5 Å². The molecule has 1 aliphatic rings. The van der Waals surface area contributed by atoms with Crippen molar-refractivity contribution in [3.8, 4) is 0 Å². The van der Waals surface area contributed by atoms with Crippen molar-refractivity contribution in [2.45, 2.75) is 23.8 Å². The lowest BCUT2D eigenvalue weighted by atomic mass is 10.1. The number of hydrogen-bond donors (Lipinski definition) is 2. The fourth-order valence-electron chi connectivity index (χ4n) is 2.59. The van der Waals surface area contributed by atoms with Gasteiger partial charge in [-0.2, -0.15) is 0 Å². The van der Waals surface area contributed by atoms with Gasteiger partial charge in [0.1, 0.15) is 9.23 Å². The molecule has 2 aromatic rings. The predicted octanol–water partition coefficient (Wildman–Crippen LogP) is 3.76. The number of thiophene rings is 1. The lowest BCUT2D eigenvalue weighted by molar-refractivity contribution is 0.0858. The molecule has 0 radical (unpaired) electrons. The average Bonchev–Trinajstić information content (AvgIpc) is 3.22. The van der Waals surface area contributed by atoms with Gasteiger partial charge in [0.25, 0.3) is 15.9 Å². The van der Waals surface area contributed by atoms with Crippen LogP contribution in [-0.2, 0) is 14.8 Å². The topological polar surface area (TPSA) is 84.5 Å². The summed E-state index contributed by atoms with van der Waals surface area (Å²) in [5.74, 6) is -0.381. The molecular formula is C16H16Cl2N2O4S2. The fraction of sp³-hybridized carbons (Fsp3) is 0.312. The first kappa shape index (κ1) is 19.4. The highest BCUT2D eigenvalue weighted by Crippen LogP contribution is 2.35. The summed E-state index contributed by atoms with van der Waals surface area (Å²) in [6.07, 6.45) is 1.86. The Labute approximate surface area is 165 Å². The molecule has 0 aliphatic carbocycles. The van der Waals surface area contributed by atoms with Gasteiger partial charge in [0.05, 0.1) is 21.7 Å². The molecule has 1 saturated heterocycles. The summed E-state index contributed by atoms with van der Waals surface area (Å²) in [4.78, 5) is 12.3. The lowest BCUT2D eigenvalue weighted by Gasteiger charge is -2.14. The van der Waals surface area contributed by atoms with E-state index in [0.717, 1.165) is 24.2 Å². The standard InChI is InChI=1S/C16H16Cl2N2O4S2/c17-14-8-13(15(18)25-14)26(22,23)20-12-6-2-1-5-11(12)16(21)19-9-10-4-3-7-24-10/h1-2,5-6,8,10,20H,3-4,7,9H2,(H,19,21)/t10-/m0/s1. The second-order valence-corrected chi connectivity index (χ2v) is 9.62. The number of sulfonamides is 1. The summed E-state index contributed by atoms with van der Waals surface area (Å²) in [7, 11) is -3.97. The first-order chi connectivity index (χ1) is 12.4. The quantitative estimate of drug-likeness (QED) is 0.724. The molecule has 1 amide bonds. The Morgan fingerprint density at radius 3 is 2.73 bits per heavy atom. The van der Waals surface area contributed by atoms with E-state index in [1.807, 2.05) is 0 Å². The molecule has 0 unspecified atom stereocenters. The lowest BCUT2D eigenvalue weighted by Crippen LogP contribution is -2.32. The predicted molar refractivity (Wildman–Crippen MR) is 103 cm³/mol. The van der Waals surface area contributed by atoms with Gasteiger partial charge >= 0.3 is 0 Å². The zero-order valence-electron chi connectivity index (χ0n) is 13.5. The van der Waals surface area contributed by atoms with Crippen LogP contribution in [0.2, 0.25) is 8.67 Å². The van der Waals surface area contributed by atoms with Crippen molar-refractivity contribution in [1.82, 2.24) is 5.32 Å². The fourth-order valence-corrected chi connectivity index (χ4v) is 5.82. The van der Waals surface area contributed by atoms with E-state index in [4.69, 9.17) is 27.9 Å². The Hall–Kier alpha value is -1.32. The van der Waals surface area contributed by atoms with Crippen molar-refractivity contribution in [3.05, 3.63) is 44.6 Å². The molecule has 26 heavy (non-hydrogen) atoms. The van der Waals surface area contributed by atoms with Crippen LogP contribution in [0.25, 0.3) is 0 Å². The SMILES string of the molecule is O=C(NC[C@@H]1CCCO1)c1ccccc1NS(=O)(=O)c1cc(Cl)sc1Cl. The van der Waals surface area contributed by atoms with Crippen molar-refractivity contribution in [1.29, 1.82) is 0 Å². The molecule has 2 heterocycles. The highest BCUT2D eigenvalue weighted by Gasteiger charge is 2.24. The third-order valence-corrected chi connectivity index (χ3v) is 6.96. The largest absolute Gasteiger partial charge is 0.376 e. The number of anilines is 1. The summed E-state index contributed by atoms with van der Waals surface area (Å²) >= 11 is 12.7. The molecule has 2 N–H and O–H groups in total. The number of benzene rings is 1. The van der Waals surface area contributed by atoms with Crippen LogP contribution in [0.1, 0.15) is 23.2 Å². The Balaban J connectivity index is 1.78. The van der Waals surface area contributed by atoms with Crippen LogP contribution in [0.5, 0.6) is 0 Å². The Kier molecular flexibility index (Phi) is 6.09. The molecule has 1 aliphatic heterocycles. The maximum absolute atomic E-state index is 12.6. The van der Waals surface area contributed by atoms with Crippen molar-refractivity contribution in [3.63, 3.8) is 0 Å². The van der Waals surface area contributed by atoms with Crippen molar-refractivity contribution in [2.24, 2.45) is 0 Å². The Morgan fingerprint density at radius 1 is 1.31 bits per heavy atom. The van der Waals surface area contributed by atoms with E-state index in [1.54, 1.807) is 18.2 Å². The van der Waals surface area contributed by atoms with Gasteiger partial charge in [0, 0.05) is 13.2 Å². The number of carbonyl (C=O) groups is 1. The molecule has 140 valence electrons. The van der Waals surface area contributed by atoms with Crippen LogP contribution in [-0.4, -0.2) is 33.6 Å². The summed E-state index contributed by atoms with van der Waals surface area (Å²) in [6.45, 7) is 1.08. The van der Waals surface area contributed by atoms with E-state index >= 15 is 0 Å². The van der Waals surface area contributed by atoms with E-state index in [-0.39, 0.29) is 36.8 Å². The maximum Gasteiger partial charge on any atom is 0.264 e. The van der Waals surface area contributed by atoms with Crippen LogP contribution < -0.4 is 10.0 Å². The number of ether oxygens (including phenoxy) is 1. The van der Waals surface area contributed by atoms with E-state index in [9.17, 15) is 13.2 Å². The van der Waals surface area contributed by atoms with Gasteiger partial charge in [0.15, 0.2) is 0 Å². The van der Waals surface area contributed by atoms with Crippen LogP contribution in [0.3, 0.4) is 0 Å². The van der Waals surface area contributed by atoms with Crippen molar-refractivity contribution < 1.29 is 17.9 Å². The second kappa shape index (κ2) is 8.14. The monoisotopic (exact) mass is 434 g/mol. The van der Waals surface area contributed by atoms with E-state index in [0.29, 0.717) is 13.2 Å². The zero-order chi connectivity index (χ0) is 18.7. The summed E-state index contributed by atoms with van der Waals surface area (Å²) in [5.41, 5.74) is 0.377. The van der Waals surface area contributed by atoms with Gasteiger partial charge in [-0.25, -0.2) is 8.42 Å². The number of rotatable bonds is 6. The van der Waals surface area contributed by atoms with Crippen molar-refractivity contribution in [2.75, 3.05) is 17.9 Å². The minimum absolute atomic E-state index is 0.00504. The molecular weight excluding hydrogens is 419 g/mol. The van der Waals surface area contributed by atoms with Gasteiger partial charge in [-0.3, -0.25) is 9.52 Å². The molecule has 0 bridgehead atoms. The molecule has 3 rings (SSSR count). The normalized spacial score (nSPS) is 17.2. The third-order valence-electron chi connectivity index (χ3n) is 3.85. The summed E-state index contributed by atoms with van der Waals surface area (Å²) in [5, 5.41) is 2.78. The highest BCUT2D eigenvalue weighted by atomic mass is 35.5. The Morgan fingerprint density at radius 2 is 2.08 bits per heavy atom. The molecule has 0 spiro atoms. The van der Waals surface area contributed by atoms with Gasteiger partial charge in [-0.05, 0) is 31.0 Å². The van der Waals surface area contributed by atoms with Gasteiger partial charge < -0.3 is 10.1 Å². The molecule has 0 saturated carbocycles. The smallest absolute Gasteiger partial charge is 0.264 e. The van der Waals surface area contributed by atoms with Crippen LogP contribution in [0.15, 0.2) is 35.2 Å². The molecule has 1 fully saturated rings. The van der Waals surface area contributed by atoms with Gasteiger partial charge in [-0.15, -0.1) is 11.3 Å². The molecule has 1 atom stereocenters. The van der Waals surface area contributed by atoms with Gasteiger partial charge in [0.2, 0.25) is 0 Å². The molecule has 1 aromatic heterocycles. The Bertz CT molecular complexity index is 909. The molecule has 1 aromatic carbocycles. The third kappa shape index (κ3) is 4.50. The van der Waals surface area contributed by atoms with Crippen molar-refractivity contribution >= 4 is 56.2 Å². The second-order valence-electron chi connectivity index (χ2n) is 5.68. The number of hydrogen-bond acceptors (Lipinski definition) is 5. The van der Waals surface area contributed by atoms with Crippen LogP contribution in [0.4, 0.5) is 5.69 Å². The molecule has 10 heteroatoms. The van der Waals surface area contributed by atoms with E-state index < -0.39 is 10.0 Å². The molecule has 6 nitrogen and oxygen atoms in total. The number of nitrogens with one attached hydrogen (secondary N) is 2. The number of para-hydroxylation sites is 1. The number of halogens is 2. The zero-order valence-corrected chi connectivity index (χ0v) is 16.6. The van der Waals surface area contributed by atoms with E-state index in [2.05, 4.69) is 10.0 Å². The minimum atomic E-state index is -3.97. The van der Waals surface area contributed by atoms with Gasteiger partial charge in [-0.1, -0.05) is 35.3 Å². The summed E-state index contributed by atoms with van der Waals surface area (Å²) in [6, 6.07) is 7.63. The first-order valence-corrected chi connectivity index (χ1v) is 10.9. The van der Waals surface area contributed by atoms with Crippen LogP contribution in [0, 0.1) is 0 Å². The maximum atomic E-state index is 12.6. The first-order valence-electron chi connectivity index (χ1n) is 7.83. The average molecular weight is 435 g/mol. The number of carbonyl (C=O) groups excluding carboxylic acids is 1. The van der Waals surface area contributed by atoms with E-state index in [1.165, 1.54) is 12.1 Å². The minimum Gasteiger partial charge on any atom is -0.376 e. The number of amides is 1.